The van der Waals surface area contributed by atoms with E-state index >= 15 is 0 Å². The number of nitrogens with zero attached hydrogens (tertiary/aromatic N) is 1. The van der Waals surface area contributed by atoms with Crippen LogP contribution in [0.4, 0.5) is 4.79 Å². The number of ether oxygens (including phenoxy) is 2. The van der Waals surface area contributed by atoms with Crippen LogP contribution >= 0.6 is 0 Å². The zero-order chi connectivity index (χ0) is 15.2. The van der Waals surface area contributed by atoms with Crippen molar-refractivity contribution in [2.24, 2.45) is 5.92 Å². The Morgan fingerprint density at radius 3 is 2.30 bits per heavy atom. The lowest BCUT2D eigenvalue weighted by molar-refractivity contribution is -0.0279. The van der Waals surface area contributed by atoms with E-state index in [-0.39, 0.29) is 18.9 Å². The summed E-state index contributed by atoms with van der Waals surface area (Å²) in [6, 6.07) is 0.264. The van der Waals surface area contributed by atoms with Crippen LogP contribution in [-0.2, 0) is 9.47 Å². The first-order chi connectivity index (χ1) is 9.37. The van der Waals surface area contributed by atoms with Gasteiger partial charge >= 0.3 is 6.09 Å². The molecule has 1 fully saturated rings. The molecule has 1 saturated carbocycles. The van der Waals surface area contributed by atoms with E-state index < -0.39 is 5.60 Å². The van der Waals surface area contributed by atoms with Crippen molar-refractivity contribution in [1.82, 2.24) is 4.90 Å². The van der Waals surface area contributed by atoms with Crippen molar-refractivity contribution in [3.05, 3.63) is 0 Å². The highest BCUT2D eigenvalue weighted by molar-refractivity contribution is 5.68. The van der Waals surface area contributed by atoms with Gasteiger partial charge in [0.1, 0.15) is 12.4 Å². The molecule has 1 rings (SSSR count). The van der Waals surface area contributed by atoms with Gasteiger partial charge in [0.05, 0.1) is 6.61 Å². The molecule has 0 saturated heterocycles. The molecule has 5 nitrogen and oxygen atoms in total. The Morgan fingerprint density at radius 1 is 1.25 bits per heavy atom. The summed E-state index contributed by atoms with van der Waals surface area (Å²) in [7, 11) is 0. The molecule has 1 aliphatic rings. The zero-order valence-corrected chi connectivity index (χ0v) is 13.2. The first kappa shape index (κ1) is 17.2. The number of aliphatic hydroxyl groups is 1. The molecule has 1 aliphatic carbocycles. The van der Waals surface area contributed by atoms with Crippen molar-refractivity contribution >= 4 is 6.09 Å². The molecule has 20 heavy (non-hydrogen) atoms. The van der Waals surface area contributed by atoms with E-state index in [0.29, 0.717) is 19.1 Å². The van der Waals surface area contributed by atoms with E-state index in [0.717, 1.165) is 25.7 Å². The fourth-order valence-electron chi connectivity index (χ4n) is 2.70. The maximum absolute atomic E-state index is 12.2. The Balaban J connectivity index is 2.46. The number of hydrogen-bond acceptors (Lipinski definition) is 4. The fraction of sp³-hybridized carbons (Fsp3) is 0.933. The molecule has 0 aromatic heterocycles. The van der Waals surface area contributed by atoms with E-state index in [2.05, 4.69) is 0 Å². The van der Waals surface area contributed by atoms with Crippen LogP contribution in [0.15, 0.2) is 0 Å². The second-order valence-electron chi connectivity index (χ2n) is 6.44. The number of carbonyl (C=O) groups excluding carboxylic acids is 1. The highest BCUT2D eigenvalue weighted by atomic mass is 16.6. The van der Waals surface area contributed by atoms with Gasteiger partial charge in [0, 0.05) is 12.6 Å². The Kier molecular flexibility index (Phi) is 6.76. The molecule has 5 heteroatoms. The smallest absolute Gasteiger partial charge is 0.410 e. The topological polar surface area (TPSA) is 59.0 Å². The lowest BCUT2D eigenvalue weighted by Crippen LogP contribution is -2.45. The Hall–Kier alpha value is -0.810. The second-order valence-corrected chi connectivity index (χ2v) is 6.44. The summed E-state index contributed by atoms with van der Waals surface area (Å²) >= 11 is 0. The maximum Gasteiger partial charge on any atom is 0.410 e. The van der Waals surface area contributed by atoms with Crippen LogP contribution in [-0.4, -0.2) is 47.7 Å². The van der Waals surface area contributed by atoms with Gasteiger partial charge < -0.3 is 19.5 Å². The minimum atomic E-state index is -0.448. The van der Waals surface area contributed by atoms with Gasteiger partial charge in [0.2, 0.25) is 0 Å². The quantitative estimate of drug-likeness (QED) is 0.790. The third-order valence-electron chi connectivity index (χ3n) is 3.67. The van der Waals surface area contributed by atoms with Gasteiger partial charge in [-0.25, -0.2) is 4.79 Å². The van der Waals surface area contributed by atoms with Crippen LogP contribution < -0.4 is 0 Å². The summed E-state index contributed by atoms with van der Waals surface area (Å²) in [6.45, 7) is 8.74. The van der Waals surface area contributed by atoms with E-state index in [1.165, 1.54) is 0 Å². The summed E-state index contributed by atoms with van der Waals surface area (Å²) in [5.74, 6) is 0.496. The first-order valence-electron chi connectivity index (χ1n) is 7.55. The van der Waals surface area contributed by atoms with Crippen LogP contribution in [0.1, 0.15) is 53.4 Å². The number of hydrogen-bond donors (Lipinski definition) is 1. The Morgan fingerprint density at radius 2 is 1.85 bits per heavy atom. The Bertz CT molecular complexity index is 293. The van der Waals surface area contributed by atoms with Gasteiger partial charge in [-0.3, -0.25) is 0 Å². The van der Waals surface area contributed by atoms with Gasteiger partial charge in [-0.1, -0.05) is 0 Å². The summed E-state index contributed by atoms with van der Waals surface area (Å²) in [4.78, 5) is 14.0. The first-order valence-corrected chi connectivity index (χ1v) is 7.55. The number of rotatable bonds is 5. The molecule has 0 aromatic carbocycles. The highest BCUT2D eigenvalue weighted by Crippen LogP contribution is 2.28. The predicted octanol–water partition coefficient (Wildman–Crippen LogP) is 2.77. The van der Waals surface area contributed by atoms with Crippen molar-refractivity contribution in [1.29, 1.82) is 0 Å². The minimum Gasteiger partial charge on any atom is -0.444 e. The minimum absolute atomic E-state index is 0.209. The van der Waals surface area contributed by atoms with Crippen molar-refractivity contribution in [2.75, 3.05) is 19.9 Å². The lowest BCUT2D eigenvalue weighted by Gasteiger charge is -2.37. The van der Waals surface area contributed by atoms with Crippen LogP contribution in [0.2, 0.25) is 0 Å². The molecule has 0 bridgehead atoms. The molecule has 0 aromatic rings. The second kappa shape index (κ2) is 7.84. The third-order valence-corrected chi connectivity index (χ3v) is 3.67. The number of carbonyl (C=O) groups is 1. The fourth-order valence-corrected chi connectivity index (χ4v) is 2.70. The zero-order valence-electron chi connectivity index (χ0n) is 13.2. The molecular weight excluding hydrogens is 258 g/mol. The normalized spacial score (nSPS) is 23.4. The van der Waals surface area contributed by atoms with Crippen molar-refractivity contribution in [3.8, 4) is 0 Å². The van der Waals surface area contributed by atoms with Gasteiger partial charge in [-0.15, -0.1) is 0 Å². The van der Waals surface area contributed by atoms with Crippen molar-refractivity contribution < 1.29 is 19.4 Å². The summed E-state index contributed by atoms with van der Waals surface area (Å²) in [5, 5.41) is 8.66. The number of aliphatic hydroxyl groups excluding tert-OH is 1. The molecule has 1 amide bonds. The van der Waals surface area contributed by atoms with Crippen molar-refractivity contribution in [3.63, 3.8) is 0 Å². The Labute approximate surface area is 122 Å². The van der Waals surface area contributed by atoms with Crippen LogP contribution in [0.25, 0.3) is 0 Å². The van der Waals surface area contributed by atoms with E-state index in [9.17, 15) is 4.79 Å². The molecule has 118 valence electrons. The molecule has 0 spiro atoms. The number of amides is 1. The summed E-state index contributed by atoms with van der Waals surface area (Å²) in [6.07, 6.45) is 3.81. The monoisotopic (exact) mass is 287 g/mol. The van der Waals surface area contributed by atoms with Gasteiger partial charge in [0.15, 0.2) is 0 Å². The molecule has 0 heterocycles. The molecular formula is C15H29NO4. The van der Waals surface area contributed by atoms with E-state index in [1.807, 2.05) is 32.6 Å². The van der Waals surface area contributed by atoms with E-state index in [1.54, 1.807) is 0 Å². The largest absolute Gasteiger partial charge is 0.444 e. The molecule has 0 radical (unpaired) electrons. The van der Waals surface area contributed by atoms with Crippen LogP contribution in [0, 0.1) is 5.92 Å². The van der Waals surface area contributed by atoms with Gasteiger partial charge in [0.25, 0.3) is 0 Å². The average Bonchev–Trinajstić information content (AvgIpc) is 2.36. The van der Waals surface area contributed by atoms with Crippen LogP contribution in [0.3, 0.4) is 0 Å². The standard InChI is InChI=1S/C15H29NO4/c1-5-16(14(18)20-15(2,3)4)13-8-6-12(7-9-13)10-19-11-17/h12-13,17H,5-11H2,1-4H3/t12-,13-. The van der Waals surface area contributed by atoms with Crippen LogP contribution in [0.5, 0.6) is 0 Å². The molecule has 0 aliphatic heterocycles. The predicted molar refractivity (Wildman–Crippen MR) is 77.4 cm³/mol. The summed E-state index contributed by atoms with van der Waals surface area (Å²) in [5.41, 5.74) is -0.448. The third kappa shape index (κ3) is 5.67. The SMILES string of the molecule is CCN(C(=O)OC(C)(C)C)[C@H]1CC[C@H](COCO)CC1. The highest BCUT2D eigenvalue weighted by Gasteiger charge is 2.30. The molecule has 0 unspecified atom stereocenters. The van der Waals surface area contributed by atoms with Gasteiger partial charge in [-0.2, -0.15) is 0 Å². The van der Waals surface area contributed by atoms with E-state index in [4.69, 9.17) is 14.6 Å². The van der Waals surface area contributed by atoms with Crippen molar-refractivity contribution in [2.45, 2.75) is 65.0 Å². The molecule has 1 N–H and O–H groups in total. The van der Waals surface area contributed by atoms with Gasteiger partial charge in [-0.05, 0) is 59.3 Å². The summed E-state index contributed by atoms with van der Waals surface area (Å²) < 4.78 is 10.5. The molecule has 0 atom stereocenters. The maximum atomic E-state index is 12.2. The average molecular weight is 287 g/mol. The lowest BCUT2D eigenvalue weighted by atomic mass is 9.86.